The van der Waals surface area contributed by atoms with Crippen LogP contribution in [0.2, 0.25) is 0 Å². The number of nitrogens with one attached hydrogen (secondary N) is 1. The van der Waals surface area contributed by atoms with Gasteiger partial charge in [-0.25, -0.2) is 0 Å². The molecule has 7 heteroatoms. The molecule has 154 valence electrons. The van der Waals surface area contributed by atoms with E-state index < -0.39 is 23.5 Å². The summed E-state index contributed by atoms with van der Waals surface area (Å²) in [5, 5.41) is 10.6. The van der Waals surface area contributed by atoms with Gasteiger partial charge >= 0.3 is 0 Å². The van der Waals surface area contributed by atoms with Crippen LogP contribution in [0.1, 0.15) is 35.5 Å². The van der Waals surface area contributed by atoms with Crippen molar-refractivity contribution < 1.29 is 28.7 Å². The number of aliphatic hydroxyl groups excluding tert-OH is 1. The Balaban J connectivity index is 1.97. The van der Waals surface area contributed by atoms with Crippen LogP contribution in [0.4, 0.5) is 0 Å². The van der Waals surface area contributed by atoms with E-state index in [1.165, 1.54) is 17.2 Å². The number of ether oxygens (including phenoxy) is 1. The lowest BCUT2D eigenvalue weighted by atomic mass is 9.95. The van der Waals surface area contributed by atoms with Crippen molar-refractivity contribution in [2.45, 2.75) is 19.4 Å². The van der Waals surface area contributed by atoms with Crippen molar-refractivity contribution in [1.29, 1.82) is 0 Å². The third-order valence-corrected chi connectivity index (χ3v) is 4.88. The Morgan fingerprint density at radius 1 is 1.24 bits per heavy atom. The lowest BCUT2D eigenvalue weighted by Gasteiger charge is -2.27. The van der Waals surface area contributed by atoms with E-state index in [1.54, 1.807) is 23.1 Å². The molecule has 1 aliphatic rings. The minimum Gasteiger partial charge on any atom is -0.503 e. The highest BCUT2D eigenvalue weighted by Gasteiger charge is 2.44. The summed E-state index contributed by atoms with van der Waals surface area (Å²) < 4.78 is 10.7. The number of hydrogen-bond donors (Lipinski definition) is 2. The lowest BCUT2D eigenvalue weighted by Crippen LogP contribution is -3.05. The van der Waals surface area contributed by atoms with Gasteiger partial charge < -0.3 is 24.1 Å². The first-order chi connectivity index (χ1) is 13.9. The molecule has 1 atom stereocenters. The zero-order valence-corrected chi connectivity index (χ0v) is 17.0. The molecule has 2 heterocycles. The van der Waals surface area contributed by atoms with Gasteiger partial charge in [0.25, 0.3) is 5.91 Å². The summed E-state index contributed by atoms with van der Waals surface area (Å²) in [7, 11) is 4.08. The number of rotatable bonds is 9. The molecule has 0 unspecified atom stereocenters. The number of Topliss-reactive ketones (excluding diaryl/α,β-unsaturated/α-hetero) is 1. The Morgan fingerprint density at radius 3 is 2.55 bits per heavy atom. The number of carbonyl (C=O) groups is 2. The molecular formula is C22H27N2O5+. The second kappa shape index (κ2) is 8.96. The Labute approximate surface area is 170 Å². The van der Waals surface area contributed by atoms with Crippen LogP contribution in [0.3, 0.4) is 0 Å². The van der Waals surface area contributed by atoms with Gasteiger partial charge in [-0.3, -0.25) is 9.59 Å². The number of amides is 1. The van der Waals surface area contributed by atoms with Crippen molar-refractivity contribution in [3.8, 4) is 5.75 Å². The highest BCUT2D eigenvalue weighted by Crippen LogP contribution is 2.39. The summed E-state index contributed by atoms with van der Waals surface area (Å²) >= 11 is 0. The molecule has 29 heavy (non-hydrogen) atoms. The Hall–Kier alpha value is -3.06. The molecule has 2 N–H and O–H groups in total. The van der Waals surface area contributed by atoms with Gasteiger partial charge in [-0.05, 0) is 36.8 Å². The van der Waals surface area contributed by atoms with Gasteiger partial charge in [0.2, 0.25) is 5.78 Å². The van der Waals surface area contributed by atoms with Gasteiger partial charge in [0.15, 0.2) is 11.5 Å². The number of hydrogen-bond acceptors (Lipinski definition) is 5. The fraction of sp³-hybridized carbons (Fsp3) is 0.364. The van der Waals surface area contributed by atoms with Crippen LogP contribution in [0.15, 0.2) is 58.4 Å². The van der Waals surface area contributed by atoms with E-state index in [0.29, 0.717) is 18.9 Å². The summed E-state index contributed by atoms with van der Waals surface area (Å²) in [5.41, 5.74) is 0.782. The van der Waals surface area contributed by atoms with E-state index in [1.807, 2.05) is 33.2 Å². The first kappa shape index (κ1) is 20.7. The highest BCUT2D eigenvalue weighted by atomic mass is 16.5. The van der Waals surface area contributed by atoms with E-state index in [9.17, 15) is 14.7 Å². The molecule has 0 radical (unpaired) electrons. The molecule has 1 aromatic heterocycles. The molecule has 1 aliphatic heterocycles. The van der Waals surface area contributed by atoms with Gasteiger partial charge in [0.05, 0.1) is 45.1 Å². The molecule has 1 amide bonds. The summed E-state index contributed by atoms with van der Waals surface area (Å²) in [6.07, 6.45) is 2.14. The SMILES string of the molecule is CCOc1ccc([C@H]2C(C(=O)c3ccco3)=C(O)C(=O)N2CCC[NH+](C)C)cc1. The zero-order chi connectivity index (χ0) is 21.0. The topological polar surface area (TPSA) is 84.4 Å². The number of quaternary nitrogens is 1. The van der Waals surface area contributed by atoms with Crippen LogP contribution in [-0.2, 0) is 4.79 Å². The van der Waals surface area contributed by atoms with Crippen molar-refractivity contribution in [3.05, 3.63) is 65.3 Å². The third-order valence-electron chi connectivity index (χ3n) is 4.88. The lowest BCUT2D eigenvalue weighted by molar-refractivity contribution is -0.858. The molecular weight excluding hydrogens is 372 g/mol. The van der Waals surface area contributed by atoms with E-state index in [2.05, 4.69) is 0 Å². The fourth-order valence-corrected chi connectivity index (χ4v) is 3.52. The second-order valence-corrected chi connectivity index (χ2v) is 7.28. The maximum absolute atomic E-state index is 13.0. The van der Waals surface area contributed by atoms with E-state index in [-0.39, 0.29) is 11.3 Å². The second-order valence-electron chi connectivity index (χ2n) is 7.28. The number of ketones is 1. The third kappa shape index (κ3) is 4.35. The summed E-state index contributed by atoms with van der Waals surface area (Å²) in [6, 6.07) is 9.70. The largest absolute Gasteiger partial charge is 0.503 e. The maximum atomic E-state index is 13.0. The van der Waals surface area contributed by atoms with Crippen molar-refractivity contribution in [2.75, 3.05) is 33.8 Å². The van der Waals surface area contributed by atoms with Crippen molar-refractivity contribution in [1.82, 2.24) is 4.90 Å². The van der Waals surface area contributed by atoms with Gasteiger partial charge in [-0.1, -0.05) is 12.1 Å². The van der Waals surface area contributed by atoms with Crippen molar-refractivity contribution >= 4 is 11.7 Å². The van der Waals surface area contributed by atoms with Crippen LogP contribution in [0.5, 0.6) is 5.75 Å². The zero-order valence-electron chi connectivity index (χ0n) is 17.0. The van der Waals surface area contributed by atoms with E-state index >= 15 is 0 Å². The summed E-state index contributed by atoms with van der Waals surface area (Å²) in [5.74, 6) is -0.735. The number of carbonyl (C=O) groups excluding carboxylic acids is 2. The quantitative estimate of drug-likeness (QED) is 0.628. The van der Waals surface area contributed by atoms with Gasteiger partial charge in [0.1, 0.15) is 5.75 Å². The summed E-state index contributed by atoms with van der Waals surface area (Å²) in [6.45, 7) is 3.74. The standard InChI is InChI=1S/C22H26N2O5/c1-4-28-16-10-8-15(9-11-16)19-18(20(25)17-7-5-14-29-17)21(26)22(27)24(19)13-6-12-23(2)3/h5,7-11,14,19,26H,4,6,12-13H2,1-3H3/p+1/t19-/m0/s1. The van der Waals surface area contributed by atoms with E-state index in [0.717, 1.165) is 18.5 Å². The molecule has 0 spiro atoms. The minimum absolute atomic E-state index is 0.0475. The van der Waals surface area contributed by atoms with Crippen molar-refractivity contribution in [2.24, 2.45) is 0 Å². The highest BCUT2D eigenvalue weighted by molar-refractivity contribution is 6.15. The molecule has 0 fully saturated rings. The molecule has 2 aromatic rings. The predicted molar refractivity (Wildman–Crippen MR) is 107 cm³/mol. The molecule has 3 rings (SSSR count). The van der Waals surface area contributed by atoms with Crippen LogP contribution >= 0.6 is 0 Å². The normalized spacial score (nSPS) is 16.8. The van der Waals surface area contributed by atoms with Crippen LogP contribution in [0, 0.1) is 0 Å². The monoisotopic (exact) mass is 399 g/mol. The number of nitrogens with zero attached hydrogens (tertiary/aromatic N) is 1. The molecule has 0 saturated carbocycles. The molecule has 0 bridgehead atoms. The first-order valence-electron chi connectivity index (χ1n) is 9.78. The maximum Gasteiger partial charge on any atom is 0.290 e. The fourth-order valence-electron chi connectivity index (χ4n) is 3.52. The average Bonchev–Trinajstić information content (AvgIpc) is 3.31. The minimum atomic E-state index is -0.673. The predicted octanol–water partition coefficient (Wildman–Crippen LogP) is 1.79. The van der Waals surface area contributed by atoms with Gasteiger partial charge in [0, 0.05) is 13.0 Å². The number of furan rings is 1. The number of aliphatic hydroxyl groups is 1. The molecule has 0 saturated heterocycles. The van der Waals surface area contributed by atoms with Crippen molar-refractivity contribution in [3.63, 3.8) is 0 Å². The van der Waals surface area contributed by atoms with Crippen LogP contribution in [-0.4, -0.2) is 55.5 Å². The van der Waals surface area contributed by atoms with Gasteiger partial charge in [-0.15, -0.1) is 0 Å². The molecule has 7 nitrogen and oxygen atoms in total. The van der Waals surface area contributed by atoms with Gasteiger partial charge in [-0.2, -0.15) is 0 Å². The Bertz CT molecular complexity index is 884. The molecule has 1 aromatic carbocycles. The smallest absolute Gasteiger partial charge is 0.290 e. The summed E-state index contributed by atoms with van der Waals surface area (Å²) in [4.78, 5) is 28.7. The molecule has 0 aliphatic carbocycles. The Kier molecular flexibility index (Phi) is 6.39. The first-order valence-corrected chi connectivity index (χ1v) is 9.78. The number of benzene rings is 1. The van der Waals surface area contributed by atoms with Crippen LogP contribution < -0.4 is 9.64 Å². The van der Waals surface area contributed by atoms with Crippen LogP contribution in [0.25, 0.3) is 0 Å². The average molecular weight is 399 g/mol. The Morgan fingerprint density at radius 2 is 1.97 bits per heavy atom. The van der Waals surface area contributed by atoms with E-state index in [4.69, 9.17) is 9.15 Å².